The average molecular weight is 352 g/mol. The van der Waals surface area contributed by atoms with Crippen LogP contribution in [0.4, 0.5) is 0 Å². The molecular weight excluding hydrogens is 324 g/mol. The van der Waals surface area contributed by atoms with Crippen LogP contribution in [0.1, 0.15) is 46.2 Å². The van der Waals surface area contributed by atoms with Crippen molar-refractivity contribution in [1.82, 2.24) is 19.7 Å². The Morgan fingerprint density at radius 3 is 2.46 bits per heavy atom. The number of amides is 1. The number of aromatic nitrogens is 3. The number of benzene rings is 1. The molecule has 1 fully saturated rings. The van der Waals surface area contributed by atoms with Crippen molar-refractivity contribution in [3.8, 4) is 5.69 Å². The van der Waals surface area contributed by atoms with Crippen molar-refractivity contribution in [3.63, 3.8) is 0 Å². The van der Waals surface area contributed by atoms with Crippen LogP contribution in [0.15, 0.2) is 48.6 Å². The average Bonchev–Trinajstić information content (AvgIpc) is 2.98. The summed E-state index contributed by atoms with van der Waals surface area (Å²) < 4.78 is 1.72. The Balaban J connectivity index is 1.72. The fourth-order valence-corrected chi connectivity index (χ4v) is 3.70. The summed E-state index contributed by atoms with van der Waals surface area (Å²) >= 11 is 0. The lowest BCUT2D eigenvalue weighted by molar-refractivity contribution is -0.134. The van der Waals surface area contributed by atoms with Gasteiger partial charge in [-0.3, -0.25) is 4.79 Å². The molecule has 0 aliphatic heterocycles. The topological polar surface area (TPSA) is 51.0 Å². The molecule has 3 atom stereocenters. The quantitative estimate of drug-likeness (QED) is 0.764. The molecule has 26 heavy (non-hydrogen) atoms. The molecule has 0 spiro atoms. The van der Waals surface area contributed by atoms with Gasteiger partial charge in [0.25, 0.3) is 0 Å². The second-order valence-corrected chi connectivity index (χ2v) is 8.13. The Bertz CT molecular complexity index is 801. The number of nitrogens with zero attached hydrogens (tertiary/aromatic N) is 4. The van der Waals surface area contributed by atoms with E-state index in [0.29, 0.717) is 5.92 Å². The molecule has 5 heteroatoms. The SMILES string of the molecule is CC(C)=C[C@@H]1[C@H](C(=O)N(C)[C@H](C)c2ccc(-n3cncn3)cc2)C1(C)C. The summed E-state index contributed by atoms with van der Waals surface area (Å²) in [4.78, 5) is 18.9. The molecule has 1 aliphatic carbocycles. The van der Waals surface area contributed by atoms with Gasteiger partial charge >= 0.3 is 0 Å². The second-order valence-electron chi connectivity index (χ2n) is 8.13. The van der Waals surface area contributed by atoms with Gasteiger partial charge in [0.2, 0.25) is 5.91 Å². The summed E-state index contributed by atoms with van der Waals surface area (Å²) in [5.41, 5.74) is 3.39. The Hall–Kier alpha value is -2.43. The minimum atomic E-state index is 0.0241. The highest BCUT2D eigenvalue weighted by Gasteiger charge is 2.61. The zero-order valence-electron chi connectivity index (χ0n) is 16.5. The highest BCUT2D eigenvalue weighted by molar-refractivity contribution is 5.84. The number of carbonyl (C=O) groups excluding carboxylic acids is 1. The lowest BCUT2D eigenvalue weighted by Gasteiger charge is -2.26. The molecule has 0 unspecified atom stereocenters. The number of hydrogen-bond acceptors (Lipinski definition) is 3. The molecule has 1 aromatic heterocycles. The summed E-state index contributed by atoms with van der Waals surface area (Å²) in [5, 5.41) is 4.14. The van der Waals surface area contributed by atoms with Crippen molar-refractivity contribution in [1.29, 1.82) is 0 Å². The first-order valence-corrected chi connectivity index (χ1v) is 9.10. The van der Waals surface area contributed by atoms with E-state index in [9.17, 15) is 4.79 Å². The van der Waals surface area contributed by atoms with E-state index in [1.807, 2.05) is 24.1 Å². The fourth-order valence-electron chi connectivity index (χ4n) is 3.70. The smallest absolute Gasteiger partial charge is 0.227 e. The Morgan fingerprint density at radius 1 is 1.27 bits per heavy atom. The molecule has 0 bridgehead atoms. The van der Waals surface area contributed by atoms with E-state index in [2.05, 4.69) is 62.9 Å². The van der Waals surface area contributed by atoms with Gasteiger partial charge in [-0.15, -0.1) is 0 Å². The first kappa shape index (κ1) is 18.4. The second kappa shape index (κ2) is 6.71. The summed E-state index contributed by atoms with van der Waals surface area (Å²) in [6.07, 6.45) is 5.43. The van der Waals surface area contributed by atoms with E-state index >= 15 is 0 Å². The zero-order chi connectivity index (χ0) is 19.1. The Morgan fingerprint density at radius 2 is 1.92 bits per heavy atom. The predicted molar refractivity (Wildman–Crippen MR) is 103 cm³/mol. The first-order chi connectivity index (χ1) is 12.2. The van der Waals surface area contributed by atoms with Crippen molar-refractivity contribution in [2.75, 3.05) is 7.05 Å². The predicted octanol–water partition coefficient (Wildman–Crippen LogP) is 4.03. The molecule has 1 aliphatic rings. The van der Waals surface area contributed by atoms with Gasteiger partial charge in [-0.05, 0) is 49.8 Å². The highest BCUT2D eigenvalue weighted by Crippen LogP contribution is 2.60. The molecule has 1 heterocycles. The van der Waals surface area contributed by atoms with Crippen molar-refractivity contribution in [2.24, 2.45) is 17.3 Å². The van der Waals surface area contributed by atoms with Gasteiger partial charge in [0, 0.05) is 7.05 Å². The first-order valence-electron chi connectivity index (χ1n) is 9.10. The van der Waals surface area contributed by atoms with E-state index in [-0.39, 0.29) is 23.3 Å². The number of rotatable bonds is 5. The van der Waals surface area contributed by atoms with Gasteiger partial charge in [-0.2, -0.15) is 5.10 Å². The van der Waals surface area contributed by atoms with Gasteiger partial charge in [-0.25, -0.2) is 9.67 Å². The maximum Gasteiger partial charge on any atom is 0.227 e. The minimum absolute atomic E-state index is 0.0241. The molecule has 1 amide bonds. The van der Waals surface area contributed by atoms with Crippen LogP contribution in [-0.4, -0.2) is 32.6 Å². The number of allylic oxidation sites excluding steroid dienone is 2. The van der Waals surface area contributed by atoms with E-state index in [1.165, 1.54) is 11.9 Å². The third-order valence-corrected chi connectivity index (χ3v) is 5.68. The summed E-state index contributed by atoms with van der Waals surface area (Å²) in [7, 11) is 1.91. The largest absolute Gasteiger partial charge is 0.339 e. The van der Waals surface area contributed by atoms with E-state index < -0.39 is 0 Å². The van der Waals surface area contributed by atoms with E-state index in [0.717, 1.165) is 11.3 Å². The van der Waals surface area contributed by atoms with Crippen LogP contribution in [0.3, 0.4) is 0 Å². The van der Waals surface area contributed by atoms with Gasteiger partial charge in [0.15, 0.2) is 0 Å². The van der Waals surface area contributed by atoms with Crippen LogP contribution in [-0.2, 0) is 4.79 Å². The molecule has 2 aromatic rings. The van der Waals surface area contributed by atoms with Crippen LogP contribution in [0, 0.1) is 17.3 Å². The molecule has 1 aromatic carbocycles. The van der Waals surface area contributed by atoms with Crippen molar-refractivity contribution >= 4 is 5.91 Å². The number of hydrogen-bond donors (Lipinski definition) is 0. The molecule has 3 rings (SSSR count). The van der Waals surface area contributed by atoms with Gasteiger partial charge < -0.3 is 4.90 Å². The summed E-state index contributed by atoms with van der Waals surface area (Å²) in [5.74, 6) is 0.633. The van der Waals surface area contributed by atoms with Crippen LogP contribution < -0.4 is 0 Å². The lowest BCUT2D eigenvalue weighted by atomic mass is 10.0. The van der Waals surface area contributed by atoms with Gasteiger partial charge in [0.05, 0.1) is 17.6 Å². The molecule has 0 N–H and O–H groups in total. The normalized spacial score (nSPS) is 21.8. The zero-order valence-corrected chi connectivity index (χ0v) is 16.5. The third-order valence-electron chi connectivity index (χ3n) is 5.68. The Labute approximate surface area is 155 Å². The molecule has 1 saturated carbocycles. The lowest BCUT2D eigenvalue weighted by Crippen LogP contribution is -2.32. The molecule has 138 valence electrons. The van der Waals surface area contributed by atoms with Crippen LogP contribution in [0.5, 0.6) is 0 Å². The standard InChI is InChI=1S/C21H28N4O/c1-14(2)11-18-19(21(18,4)5)20(26)24(6)15(3)16-7-9-17(10-8-16)25-13-22-12-23-25/h7-13,15,18-19H,1-6H3/t15-,18-,19-/m1/s1. The van der Waals surface area contributed by atoms with E-state index in [4.69, 9.17) is 0 Å². The van der Waals surface area contributed by atoms with E-state index in [1.54, 1.807) is 11.0 Å². The van der Waals surface area contributed by atoms with Gasteiger partial charge in [0.1, 0.15) is 12.7 Å². The monoisotopic (exact) mass is 352 g/mol. The third kappa shape index (κ3) is 3.30. The van der Waals surface area contributed by atoms with Gasteiger partial charge in [-0.1, -0.05) is 37.6 Å². The summed E-state index contributed by atoms with van der Waals surface area (Å²) in [6.45, 7) is 10.6. The van der Waals surface area contributed by atoms with Crippen LogP contribution in [0.25, 0.3) is 5.69 Å². The van der Waals surface area contributed by atoms with Crippen LogP contribution >= 0.6 is 0 Å². The summed E-state index contributed by atoms with van der Waals surface area (Å²) in [6, 6.07) is 8.14. The van der Waals surface area contributed by atoms with Crippen LogP contribution in [0.2, 0.25) is 0 Å². The molecular formula is C21H28N4O. The molecule has 0 saturated heterocycles. The maximum absolute atomic E-state index is 13.1. The van der Waals surface area contributed by atoms with Crippen molar-refractivity contribution in [2.45, 2.75) is 40.7 Å². The molecule has 5 nitrogen and oxygen atoms in total. The number of carbonyl (C=O) groups is 1. The minimum Gasteiger partial charge on any atom is -0.339 e. The fraction of sp³-hybridized carbons (Fsp3) is 0.476. The maximum atomic E-state index is 13.1. The highest BCUT2D eigenvalue weighted by atomic mass is 16.2. The van der Waals surface area contributed by atoms with Crippen molar-refractivity contribution < 1.29 is 4.79 Å². The van der Waals surface area contributed by atoms with Crippen molar-refractivity contribution in [3.05, 3.63) is 54.1 Å². The molecule has 0 radical (unpaired) electrons. The Kier molecular flexibility index (Phi) is 4.74.